The Hall–Kier alpha value is 0.200. The highest BCUT2D eigenvalue weighted by atomic mass is 127. The van der Waals surface area contributed by atoms with Crippen LogP contribution in [0, 0.1) is 16.6 Å². The van der Waals surface area contributed by atoms with Crippen LogP contribution in [0.1, 0.15) is 29.6 Å². The Morgan fingerprint density at radius 1 is 1.32 bits per heavy atom. The fourth-order valence-corrected chi connectivity index (χ4v) is 8.85. The van der Waals surface area contributed by atoms with Gasteiger partial charge in [-0.2, -0.15) is 8.78 Å². The van der Waals surface area contributed by atoms with Crippen molar-refractivity contribution in [2.75, 3.05) is 6.61 Å². The molecule has 0 saturated carbocycles. The molecular formula is C18H13F3I3O8S2-. The van der Waals surface area contributed by atoms with Gasteiger partial charge in [-0.05, 0) is 80.3 Å². The topological polar surface area (TPSA) is 119 Å². The monoisotopic (exact) mass is 859 g/mol. The maximum Gasteiger partial charge on any atom is 0.364 e. The van der Waals surface area contributed by atoms with E-state index in [2.05, 4.69) is 67.8 Å². The average molecular weight is 859 g/mol. The third kappa shape index (κ3) is 4.64. The molecule has 0 N–H and O–H groups in total. The van der Waals surface area contributed by atoms with Crippen LogP contribution >= 0.6 is 79.5 Å². The fourth-order valence-electron chi connectivity index (χ4n) is 4.05. The molecular weight excluding hydrogens is 846 g/mol. The molecule has 8 nitrogen and oxygen atoms in total. The SMILES string of the molecule is O=C1OC2(CC3SC2CC3C(=O)OCCC(F)C(F)(F)S(=O)(=O)[O-])Oc2c(I)cc(I)c(I)c21. The smallest absolute Gasteiger partial charge is 0.364 e. The number of hydrogen-bond donors (Lipinski definition) is 0. The van der Waals surface area contributed by atoms with Gasteiger partial charge in [0, 0.05) is 25.2 Å². The van der Waals surface area contributed by atoms with Gasteiger partial charge >= 0.3 is 17.2 Å². The summed E-state index contributed by atoms with van der Waals surface area (Å²) in [4.78, 5) is 25.3. The number of ether oxygens (including phenoxy) is 3. The summed E-state index contributed by atoms with van der Waals surface area (Å²) >= 11 is 7.63. The van der Waals surface area contributed by atoms with Crippen LogP contribution in [0.4, 0.5) is 13.2 Å². The summed E-state index contributed by atoms with van der Waals surface area (Å²) in [6.07, 6.45) is -4.03. The molecule has 5 atom stereocenters. The minimum absolute atomic E-state index is 0.199. The number of alkyl halides is 3. The van der Waals surface area contributed by atoms with E-state index in [1.54, 1.807) is 0 Å². The van der Waals surface area contributed by atoms with Gasteiger partial charge < -0.3 is 18.8 Å². The number of carbonyl (C=O) groups is 2. The lowest BCUT2D eigenvalue weighted by molar-refractivity contribution is -0.172. The van der Waals surface area contributed by atoms with E-state index in [1.165, 1.54) is 11.8 Å². The molecule has 34 heavy (non-hydrogen) atoms. The summed E-state index contributed by atoms with van der Waals surface area (Å²) < 4.78 is 90.6. The lowest BCUT2D eigenvalue weighted by atomic mass is 9.84. The van der Waals surface area contributed by atoms with Crippen molar-refractivity contribution in [1.82, 2.24) is 0 Å². The summed E-state index contributed by atoms with van der Waals surface area (Å²) in [5.41, 5.74) is 0.351. The first kappa shape index (κ1) is 27.2. The lowest BCUT2D eigenvalue weighted by Gasteiger charge is -2.41. The van der Waals surface area contributed by atoms with Gasteiger partial charge in [-0.15, -0.1) is 11.8 Å². The molecule has 0 aromatic heterocycles. The maximum absolute atomic E-state index is 13.5. The van der Waals surface area contributed by atoms with Crippen LogP contribution in [0.25, 0.3) is 0 Å². The third-order valence-electron chi connectivity index (χ3n) is 5.72. The first-order valence-corrected chi connectivity index (χ1v) is 15.2. The zero-order chi connectivity index (χ0) is 25.2. The summed E-state index contributed by atoms with van der Waals surface area (Å²) in [6, 6.07) is 1.88. The van der Waals surface area contributed by atoms with Crippen LogP contribution in [0.15, 0.2) is 6.07 Å². The van der Waals surface area contributed by atoms with Crippen molar-refractivity contribution in [3.8, 4) is 5.75 Å². The molecule has 2 bridgehead atoms. The molecule has 3 heterocycles. The summed E-state index contributed by atoms with van der Waals surface area (Å²) in [7, 11) is -6.18. The number of thioether (sulfide) groups is 1. The predicted molar refractivity (Wildman–Crippen MR) is 136 cm³/mol. The largest absolute Gasteiger partial charge is 0.743 e. The first-order valence-electron chi connectivity index (χ1n) is 9.57. The molecule has 2 fully saturated rings. The van der Waals surface area contributed by atoms with Gasteiger partial charge in [0.15, 0.2) is 22.0 Å². The van der Waals surface area contributed by atoms with E-state index in [-0.39, 0.29) is 23.3 Å². The second-order valence-electron chi connectivity index (χ2n) is 7.81. The van der Waals surface area contributed by atoms with Crippen LogP contribution in [0.2, 0.25) is 0 Å². The molecule has 4 rings (SSSR count). The van der Waals surface area contributed by atoms with Gasteiger partial charge in [0.25, 0.3) is 5.79 Å². The number of fused-ring (bicyclic) bond motifs is 4. The average Bonchev–Trinajstić information content (AvgIpc) is 3.28. The van der Waals surface area contributed by atoms with Gasteiger partial charge in [0.1, 0.15) is 5.56 Å². The van der Waals surface area contributed by atoms with E-state index in [9.17, 15) is 35.7 Å². The molecule has 188 valence electrons. The van der Waals surface area contributed by atoms with E-state index in [4.69, 9.17) is 14.2 Å². The van der Waals surface area contributed by atoms with Crippen molar-refractivity contribution in [2.45, 2.75) is 47.0 Å². The standard InChI is InChI=1S/C18H14F3I3O8S2/c19-10(18(20,21)34(27,28)29)1-2-30-15(25)6-3-11-17(5-9(6)33-11)31-14-8(23)4-7(22)13(24)12(14)16(26)32-17/h4,6,9-11H,1-3,5H2,(H,27,28,29)/p-1. The van der Waals surface area contributed by atoms with E-state index in [0.29, 0.717) is 14.9 Å². The summed E-state index contributed by atoms with van der Waals surface area (Å²) in [5, 5.41) is -5.85. The van der Waals surface area contributed by atoms with Crippen LogP contribution in [0.5, 0.6) is 5.75 Å². The third-order valence-corrected chi connectivity index (χ3v) is 12.2. The van der Waals surface area contributed by atoms with Crippen LogP contribution in [-0.2, 0) is 24.4 Å². The Kier molecular flexibility index (Phi) is 7.61. The van der Waals surface area contributed by atoms with Crippen molar-refractivity contribution in [3.05, 3.63) is 22.3 Å². The Morgan fingerprint density at radius 2 is 2.00 bits per heavy atom. The lowest BCUT2D eigenvalue weighted by Crippen LogP contribution is -2.53. The van der Waals surface area contributed by atoms with Crippen molar-refractivity contribution < 1.29 is 49.9 Å². The van der Waals surface area contributed by atoms with Gasteiger partial charge in [-0.25, -0.2) is 17.6 Å². The number of hydrogen-bond acceptors (Lipinski definition) is 9. The van der Waals surface area contributed by atoms with Crippen molar-refractivity contribution >= 4 is 102 Å². The van der Waals surface area contributed by atoms with Gasteiger partial charge in [0.05, 0.1) is 21.3 Å². The van der Waals surface area contributed by atoms with E-state index < -0.39 is 58.2 Å². The molecule has 0 amide bonds. The maximum atomic E-state index is 13.5. The molecule has 3 aliphatic heterocycles. The second kappa shape index (κ2) is 9.50. The molecule has 1 spiro atoms. The molecule has 1 aromatic carbocycles. The minimum atomic E-state index is -6.18. The Labute approximate surface area is 236 Å². The van der Waals surface area contributed by atoms with Gasteiger partial charge in [0.2, 0.25) is 0 Å². The van der Waals surface area contributed by atoms with Crippen molar-refractivity contribution in [1.29, 1.82) is 0 Å². The minimum Gasteiger partial charge on any atom is -0.743 e. The second-order valence-corrected chi connectivity index (χ2v) is 14.1. The van der Waals surface area contributed by atoms with Crippen molar-refractivity contribution in [2.24, 2.45) is 5.92 Å². The molecule has 1 aromatic rings. The highest BCUT2D eigenvalue weighted by Crippen LogP contribution is 2.58. The van der Waals surface area contributed by atoms with Gasteiger partial charge in [-0.1, -0.05) is 0 Å². The number of halogens is 6. The molecule has 0 radical (unpaired) electrons. The fraction of sp³-hybridized carbons (Fsp3) is 0.556. The molecule has 0 aliphatic carbocycles. The van der Waals surface area contributed by atoms with Crippen LogP contribution < -0.4 is 4.74 Å². The summed E-state index contributed by atoms with van der Waals surface area (Å²) in [6.45, 7) is -0.817. The molecule has 5 unspecified atom stereocenters. The Morgan fingerprint density at radius 3 is 2.59 bits per heavy atom. The number of benzene rings is 1. The van der Waals surface area contributed by atoms with Crippen LogP contribution in [-0.4, -0.2) is 59.2 Å². The highest BCUT2D eigenvalue weighted by Gasteiger charge is 2.64. The predicted octanol–water partition coefficient (Wildman–Crippen LogP) is 4.05. The summed E-state index contributed by atoms with van der Waals surface area (Å²) in [5.74, 6) is -2.77. The molecule has 16 heteroatoms. The van der Waals surface area contributed by atoms with Crippen molar-refractivity contribution in [3.63, 3.8) is 0 Å². The Bertz CT molecular complexity index is 1170. The van der Waals surface area contributed by atoms with E-state index in [0.717, 1.165) is 7.14 Å². The number of carbonyl (C=O) groups excluding carboxylic acids is 2. The zero-order valence-corrected chi connectivity index (χ0v) is 24.7. The number of esters is 2. The van der Waals surface area contributed by atoms with Crippen LogP contribution in [0.3, 0.4) is 0 Å². The Balaban J connectivity index is 1.39. The quantitative estimate of drug-likeness (QED) is 0.181. The van der Waals surface area contributed by atoms with E-state index in [1.807, 2.05) is 6.07 Å². The first-order chi connectivity index (χ1) is 15.7. The normalized spacial score (nSPS) is 28.9. The molecule has 2 saturated heterocycles. The molecule has 3 aliphatic rings. The number of rotatable bonds is 6. The zero-order valence-electron chi connectivity index (χ0n) is 16.6. The van der Waals surface area contributed by atoms with E-state index >= 15 is 0 Å². The highest BCUT2D eigenvalue weighted by molar-refractivity contribution is 14.1. The van der Waals surface area contributed by atoms with Gasteiger partial charge in [-0.3, -0.25) is 4.79 Å².